The number of nitrogens with zero attached hydrogens (tertiary/aromatic N) is 2. The second kappa shape index (κ2) is 13.0. The van der Waals surface area contributed by atoms with E-state index in [0.717, 1.165) is 10.5 Å². The van der Waals surface area contributed by atoms with Crippen LogP contribution in [0.15, 0.2) is 113 Å². The Labute approximate surface area is 247 Å². The van der Waals surface area contributed by atoms with Crippen LogP contribution in [0.5, 0.6) is 11.5 Å². The van der Waals surface area contributed by atoms with Gasteiger partial charge in [0.15, 0.2) is 11.5 Å². The van der Waals surface area contributed by atoms with E-state index in [0.29, 0.717) is 34.3 Å². The Bertz CT molecular complexity index is 1610. The second-order valence-electron chi connectivity index (χ2n) is 9.21. The molecule has 1 atom stereocenters. The van der Waals surface area contributed by atoms with E-state index in [1.165, 1.54) is 31.0 Å². The molecule has 0 saturated heterocycles. The normalized spacial score (nSPS) is 13.2. The molecule has 1 heterocycles. The molecule has 0 bridgehead atoms. The lowest BCUT2D eigenvalue weighted by Crippen LogP contribution is -2.33. The van der Waals surface area contributed by atoms with Gasteiger partial charge < -0.3 is 20.1 Å². The van der Waals surface area contributed by atoms with E-state index in [2.05, 4.69) is 15.7 Å². The highest BCUT2D eigenvalue weighted by molar-refractivity contribution is 8.00. The molecule has 3 amide bonds. The number of nitrogens with one attached hydrogen (secondary N) is 2. The molecule has 9 nitrogen and oxygen atoms in total. The molecule has 1 unspecified atom stereocenters. The number of hydrazone groups is 1. The smallest absolute Gasteiger partial charge is 0.255 e. The number of amides is 3. The predicted molar refractivity (Wildman–Crippen MR) is 163 cm³/mol. The molecule has 0 spiro atoms. The molecule has 0 aliphatic carbocycles. The summed E-state index contributed by atoms with van der Waals surface area (Å²) in [4.78, 5) is 39.7. The summed E-state index contributed by atoms with van der Waals surface area (Å²) in [6.45, 7) is 0. The second-order valence-corrected chi connectivity index (χ2v) is 10.4. The lowest BCUT2D eigenvalue weighted by Gasteiger charge is -2.17. The Balaban J connectivity index is 1.28. The zero-order chi connectivity index (χ0) is 29.5. The summed E-state index contributed by atoms with van der Waals surface area (Å²) in [6, 6.07) is 30.6. The molecule has 0 saturated carbocycles. The maximum atomic E-state index is 13.5. The SMILES string of the molecule is COc1ccc(C(=O)Nc2ccc(SC(C(=O)NC3=NN(c4ccccc4)C(=O)C3)c3ccccc3)cc2)cc1OC. The van der Waals surface area contributed by atoms with Gasteiger partial charge in [0.25, 0.3) is 11.8 Å². The third-order valence-electron chi connectivity index (χ3n) is 6.40. The first kappa shape index (κ1) is 28.4. The minimum Gasteiger partial charge on any atom is -0.493 e. The summed E-state index contributed by atoms with van der Waals surface area (Å²) in [5, 5.41) is 10.8. The van der Waals surface area contributed by atoms with Crippen LogP contribution in [-0.2, 0) is 9.59 Å². The largest absolute Gasteiger partial charge is 0.493 e. The van der Waals surface area contributed by atoms with Crippen LogP contribution < -0.4 is 25.1 Å². The topological polar surface area (TPSA) is 109 Å². The Kier molecular flexibility index (Phi) is 8.84. The number of thioether (sulfide) groups is 1. The molecule has 212 valence electrons. The van der Waals surface area contributed by atoms with Crippen molar-refractivity contribution in [3.63, 3.8) is 0 Å². The van der Waals surface area contributed by atoms with Crippen molar-refractivity contribution in [2.24, 2.45) is 5.10 Å². The van der Waals surface area contributed by atoms with Crippen molar-refractivity contribution in [2.75, 3.05) is 24.5 Å². The summed E-state index contributed by atoms with van der Waals surface area (Å²) >= 11 is 1.36. The van der Waals surface area contributed by atoms with Gasteiger partial charge in [-0.05, 0) is 60.2 Å². The van der Waals surface area contributed by atoms with Crippen LogP contribution in [-0.4, -0.2) is 37.8 Å². The standard InChI is InChI=1S/C32H28N4O5S/c1-40-26-18-13-22(19-27(26)41-2)31(38)33-23-14-16-25(17-15-23)42-30(21-9-5-3-6-10-21)32(39)34-28-20-29(37)36(35-28)24-11-7-4-8-12-24/h3-19,30H,20H2,1-2H3,(H,33,38)(H,34,35,39). The van der Waals surface area contributed by atoms with Crippen molar-refractivity contribution in [1.82, 2.24) is 5.32 Å². The molecule has 42 heavy (non-hydrogen) atoms. The summed E-state index contributed by atoms with van der Waals surface area (Å²) in [6.07, 6.45) is 0.00127. The van der Waals surface area contributed by atoms with Crippen LogP contribution in [0.3, 0.4) is 0 Å². The zero-order valence-corrected chi connectivity index (χ0v) is 23.8. The Hall–Kier alpha value is -5.09. The van der Waals surface area contributed by atoms with E-state index in [1.54, 1.807) is 42.5 Å². The van der Waals surface area contributed by atoms with Crippen LogP contribution in [0, 0.1) is 0 Å². The highest BCUT2D eigenvalue weighted by atomic mass is 32.2. The fraction of sp³-hybridized carbons (Fsp3) is 0.125. The van der Waals surface area contributed by atoms with Gasteiger partial charge in [-0.15, -0.1) is 11.8 Å². The van der Waals surface area contributed by atoms with Gasteiger partial charge in [-0.25, -0.2) is 0 Å². The van der Waals surface area contributed by atoms with Crippen LogP contribution in [0.4, 0.5) is 11.4 Å². The van der Waals surface area contributed by atoms with Gasteiger partial charge >= 0.3 is 0 Å². The van der Waals surface area contributed by atoms with Crippen LogP contribution in [0.25, 0.3) is 0 Å². The van der Waals surface area contributed by atoms with Gasteiger partial charge in [-0.3, -0.25) is 14.4 Å². The van der Waals surface area contributed by atoms with Crippen LogP contribution in [0.1, 0.15) is 27.6 Å². The maximum absolute atomic E-state index is 13.5. The summed E-state index contributed by atoms with van der Waals surface area (Å²) in [5.74, 6) is 0.484. The average molecular weight is 581 g/mol. The lowest BCUT2D eigenvalue weighted by molar-refractivity contribution is -0.119. The molecule has 4 aromatic carbocycles. The monoisotopic (exact) mass is 580 g/mol. The lowest BCUT2D eigenvalue weighted by atomic mass is 10.1. The van der Waals surface area contributed by atoms with Crippen molar-refractivity contribution >= 4 is 46.7 Å². The third-order valence-corrected chi connectivity index (χ3v) is 7.66. The number of carbonyl (C=O) groups is 3. The highest BCUT2D eigenvalue weighted by Gasteiger charge is 2.29. The van der Waals surface area contributed by atoms with Gasteiger partial charge in [0, 0.05) is 16.1 Å². The molecular weight excluding hydrogens is 552 g/mol. The molecular formula is C32H28N4O5S. The highest BCUT2D eigenvalue weighted by Crippen LogP contribution is 2.36. The van der Waals surface area contributed by atoms with Crippen LogP contribution >= 0.6 is 11.8 Å². The molecule has 0 aromatic heterocycles. The number of benzene rings is 4. The molecule has 5 rings (SSSR count). The van der Waals surface area contributed by atoms with Gasteiger partial charge in [-0.1, -0.05) is 48.5 Å². The van der Waals surface area contributed by atoms with E-state index in [4.69, 9.17) is 9.47 Å². The van der Waals surface area contributed by atoms with Crippen molar-refractivity contribution in [3.05, 3.63) is 114 Å². The quantitative estimate of drug-likeness (QED) is 0.248. The Morgan fingerprint density at radius 3 is 2.17 bits per heavy atom. The number of rotatable bonds is 9. The number of amidine groups is 1. The van der Waals surface area contributed by atoms with E-state index in [9.17, 15) is 14.4 Å². The molecule has 1 aliphatic rings. The zero-order valence-electron chi connectivity index (χ0n) is 22.9. The first-order valence-electron chi connectivity index (χ1n) is 13.1. The van der Waals surface area contributed by atoms with E-state index in [-0.39, 0.29) is 24.1 Å². The molecule has 1 aliphatic heterocycles. The summed E-state index contributed by atoms with van der Waals surface area (Å²) in [7, 11) is 3.05. The summed E-state index contributed by atoms with van der Waals surface area (Å²) in [5.41, 5.74) is 2.46. The minimum absolute atomic E-state index is 0.00127. The van der Waals surface area contributed by atoms with Gasteiger partial charge in [0.2, 0.25) is 5.91 Å². The Morgan fingerprint density at radius 2 is 1.50 bits per heavy atom. The minimum atomic E-state index is -0.609. The average Bonchev–Trinajstić information content (AvgIpc) is 3.40. The van der Waals surface area contributed by atoms with Crippen molar-refractivity contribution in [3.8, 4) is 11.5 Å². The maximum Gasteiger partial charge on any atom is 0.255 e. The van der Waals surface area contributed by atoms with Gasteiger partial charge in [-0.2, -0.15) is 10.1 Å². The third kappa shape index (κ3) is 6.61. The van der Waals surface area contributed by atoms with Gasteiger partial charge in [0.1, 0.15) is 11.1 Å². The van der Waals surface area contributed by atoms with Crippen molar-refractivity contribution in [2.45, 2.75) is 16.6 Å². The fourth-order valence-corrected chi connectivity index (χ4v) is 5.34. The first-order valence-corrected chi connectivity index (χ1v) is 13.9. The fourth-order valence-electron chi connectivity index (χ4n) is 4.31. The predicted octanol–water partition coefficient (Wildman–Crippen LogP) is 5.66. The van der Waals surface area contributed by atoms with Crippen LogP contribution in [0.2, 0.25) is 0 Å². The molecule has 0 fully saturated rings. The number of hydrogen-bond donors (Lipinski definition) is 2. The number of hydrogen-bond acceptors (Lipinski definition) is 7. The van der Waals surface area contributed by atoms with Gasteiger partial charge in [0.05, 0.1) is 26.3 Å². The number of ether oxygens (including phenoxy) is 2. The van der Waals surface area contributed by atoms with Crippen molar-refractivity contribution in [1.29, 1.82) is 0 Å². The molecule has 4 aromatic rings. The Morgan fingerprint density at radius 1 is 0.833 bits per heavy atom. The van der Waals surface area contributed by atoms with E-state index < -0.39 is 5.25 Å². The number of anilines is 2. The number of para-hydroxylation sites is 1. The summed E-state index contributed by atoms with van der Waals surface area (Å²) < 4.78 is 10.5. The number of methoxy groups -OCH3 is 2. The van der Waals surface area contributed by atoms with Crippen molar-refractivity contribution < 1.29 is 23.9 Å². The molecule has 0 radical (unpaired) electrons. The van der Waals surface area contributed by atoms with E-state index >= 15 is 0 Å². The van der Waals surface area contributed by atoms with E-state index in [1.807, 2.05) is 60.7 Å². The molecule has 10 heteroatoms. The first-order chi connectivity index (χ1) is 20.4. The molecule has 2 N–H and O–H groups in total. The number of carbonyl (C=O) groups excluding carboxylic acids is 3.